The van der Waals surface area contributed by atoms with Crippen molar-refractivity contribution in [2.75, 3.05) is 31.5 Å². The fraction of sp³-hybridized carbons (Fsp3) is 0.333. The number of carboxylic acid groups (broad SMARTS) is 1. The van der Waals surface area contributed by atoms with E-state index < -0.39 is 12.0 Å². The smallest absolute Gasteiger partial charge is 0.320 e. The van der Waals surface area contributed by atoms with E-state index in [-0.39, 0.29) is 0 Å². The predicted octanol–water partition coefficient (Wildman–Crippen LogP) is 4.28. The number of hydrogen-bond acceptors (Lipinski definition) is 6. The molecule has 0 radical (unpaired) electrons. The highest BCUT2D eigenvalue weighted by atomic mass is 35.5. The fourth-order valence-corrected chi connectivity index (χ4v) is 4.41. The third kappa shape index (κ3) is 3.52. The highest BCUT2D eigenvalue weighted by Crippen LogP contribution is 2.40. The Labute approximate surface area is 171 Å². The maximum Gasteiger partial charge on any atom is 0.320 e. The number of fused-ring (bicyclic) bond motifs is 2. The van der Waals surface area contributed by atoms with Gasteiger partial charge in [0.25, 0.3) is 0 Å². The summed E-state index contributed by atoms with van der Waals surface area (Å²) in [6.45, 7) is 4.50. The van der Waals surface area contributed by atoms with Gasteiger partial charge in [-0.1, -0.05) is 23.2 Å². The van der Waals surface area contributed by atoms with Crippen molar-refractivity contribution in [3.8, 4) is 0 Å². The summed E-state index contributed by atoms with van der Waals surface area (Å²) in [5.74, 6) is 0.0820. The lowest BCUT2D eigenvalue weighted by Gasteiger charge is -2.38. The largest absolute Gasteiger partial charge is 0.480 e. The van der Waals surface area contributed by atoms with Crippen molar-refractivity contribution in [1.29, 1.82) is 0 Å². The van der Waals surface area contributed by atoms with Crippen LogP contribution in [0.5, 0.6) is 0 Å². The number of piperazine rings is 1. The molecule has 0 bridgehead atoms. The van der Waals surface area contributed by atoms with Crippen LogP contribution in [0.25, 0.3) is 0 Å². The summed E-state index contributed by atoms with van der Waals surface area (Å²) in [5.41, 5.74) is 3.57. The van der Waals surface area contributed by atoms with Gasteiger partial charge in [0.05, 0.1) is 32.7 Å². The van der Waals surface area contributed by atoms with Gasteiger partial charge in [0.15, 0.2) is 0 Å². The van der Waals surface area contributed by atoms with Crippen LogP contribution in [0.4, 0.5) is 17.1 Å². The standard InChI is InChI=1S/C18H18Cl2N4O2S/c1-10(18(25)26)23-2-4-24(5-3-23)17-11-8-27-9-16(11)21-14-6-12(19)13(20)7-15(14)22-17/h6-10,21H,2-5H2,1H3,(H,25,26). The molecule has 1 fully saturated rings. The third-order valence-corrected chi connectivity index (χ3v) is 6.42. The Kier molecular flexibility index (Phi) is 5.03. The maximum absolute atomic E-state index is 11.2. The van der Waals surface area contributed by atoms with Gasteiger partial charge < -0.3 is 15.3 Å². The van der Waals surface area contributed by atoms with Crippen molar-refractivity contribution in [1.82, 2.24) is 9.80 Å². The van der Waals surface area contributed by atoms with E-state index in [2.05, 4.69) is 15.6 Å². The van der Waals surface area contributed by atoms with E-state index in [4.69, 9.17) is 28.2 Å². The molecule has 6 nitrogen and oxygen atoms in total. The van der Waals surface area contributed by atoms with Crippen molar-refractivity contribution in [2.45, 2.75) is 13.0 Å². The number of benzene rings is 1. The Hall–Kier alpha value is -1.80. The minimum atomic E-state index is -0.792. The summed E-state index contributed by atoms with van der Waals surface area (Å²) in [6, 6.07) is 3.08. The molecule has 0 aliphatic carbocycles. The molecule has 0 saturated carbocycles. The topological polar surface area (TPSA) is 68.2 Å². The molecule has 9 heteroatoms. The van der Waals surface area contributed by atoms with Crippen LogP contribution >= 0.6 is 34.5 Å². The van der Waals surface area contributed by atoms with E-state index >= 15 is 0 Å². The van der Waals surface area contributed by atoms with Gasteiger partial charge in [0, 0.05) is 36.9 Å². The second kappa shape index (κ2) is 7.31. The predicted molar refractivity (Wildman–Crippen MR) is 111 cm³/mol. The number of aliphatic carboxylic acids is 1. The van der Waals surface area contributed by atoms with Crippen LogP contribution in [0.3, 0.4) is 0 Å². The monoisotopic (exact) mass is 424 g/mol. The number of anilines is 2. The quantitative estimate of drug-likeness (QED) is 0.752. The highest BCUT2D eigenvalue weighted by Gasteiger charge is 2.29. The number of halogens is 2. The molecule has 1 saturated heterocycles. The Morgan fingerprint density at radius 1 is 1.19 bits per heavy atom. The van der Waals surface area contributed by atoms with E-state index in [0.29, 0.717) is 36.2 Å². The number of thiophene rings is 1. The molecule has 0 spiro atoms. The molecular formula is C18H18Cl2N4O2S. The average molecular weight is 425 g/mol. The van der Waals surface area contributed by atoms with Gasteiger partial charge in [-0.05, 0) is 19.1 Å². The van der Waals surface area contributed by atoms with Crippen LogP contribution in [0, 0.1) is 0 Å². The zero-order valence-corrected chi connectivity index (χ0v) is 16.9. The molecule has 2 aromatic rings. The molecule has 27 heavy (non-hydrogen) atoms. The molecular weight excluding hydrogens is 407 g/mol. The molecule has 2 N–H and O–H groups in total. The molecule has 142 valence electrons. The molecule has 1 aromatic carbocycles. The zero-order valence-electron chi connectivity index (χ0n) is 14.6. The number of aliphatic imine (C=N–C) groups is 1. The molecule has 2 aliphatic heterocycles. The Bertz CT molecular complexity index is 922. The second-order valence-electron chi connectivity index (χ2n) is 6.58. The van der Waals surface area contributed by atoms with Crippen LogP contribution in [0.1, 0.15) is 12.5 Å². The fourth-order valence-electron chi connectivity index (χ4n) is 3.33. The number of carbonyl (C=O) groups is 1. The SMILES string of the molecule is CC(C(=O)O)N1CCN(C2=Nc3cc(Cl)c(Cl)cc3Nc3cscc32)CC1. The van der Waals surface area contributed by atoms with Crippen LogP contribution in [-0.4, -0.2) is 58.9 Å². The summed E-state index contributed by atoms with van der Waals surface area (Å²) >= 11 is 14.0. The van der Waals surface area contributed by atoms with E-state index in [1.165, 1.54) is 0 Å². The molecule has 4 rings (SSSR count). The van der Waals surface area contributed by atoms with Gasteiger partial charge in [-0.3, -0.25) is 9.69 Å². The van der Waals surface area contributed by atoms with Crippen molar-refractivity contribution in [3.63, 3.8) is 0 Å². The lowest BCUT2D eigenvalue weighted by Crippen LogP contribution is -2.53. The molecule has 1 unspecified atom stereocenters. The molecule has 1 atom stereocenters. The van der Waals surface area contributed by atoms with Gasteiger partial charge in [0.2, 0.25) is 0 Å². The zero-order chi connectivity index (χ0) is 19.1. The number of carboxylic acids is 1. The molecule has 2 aliphatic rings. The highest BCUT2D eigenvalue weighted by molar-refractivity contribution is 7.08. The van der Waals surface area contributed by atoms with E-state index in [1.807, 2.05) is 10.3 Å². The molecule has 3 heterocycles. The first-order chi connectivity index (χ1) is 12.9. The summed E-state index contributed by atoms with van der Waals surface area (Å²) < 4.78 is 0. The van der Waals surface area contributed by atoms with Crippen molar-refractivity contribution in [2.24, 2.45) is 4.99 Å². The summed E-state index contributed by atoms with van der Waals surface area (Å²) in [6.07, 6.45) is 0. The van der Waals surface area contributed by atoms with E-state index in [0.717, 1.165) is 28.5 Å². The Morgan fingerprint density at radius 2 is 1.89 bits per heavy atom. The van der Waals surface area contributed by atoms with Gasteiger partial charge in [-0.2, -0.15) is 0 Å². The van der Waals surface area contributed by atoms with Gasteiger partial charge in [-0.15, -0.1) is 11.3 Å². The minimum Gasteiger partial charge on any atom is -0.480 e. The van der Waals surface area contributed by atoms with Crippen LogP contribution in [0.15, 0.2) is 27.9 Å². The number of nitrogens with one attached hydrogen (secondary N) is 1. The normalized spacial score (nSPS) is 18.0. The first-order valence-corrected chi connectivity index (χ1v) is 10.3. The lowest BCUT2D eigenvalue weighted by molar-refractivity contribution is -0.143. The number of nitrogens with zero attached hydrogens (tertiary/aromatic N) is 3. The van der Waals surface area contributed by atoms with E-state index in [9.17, 15) is 9.90 Å². The maximum atomic E-state index is 11.2. The van der Waals surface area contributed by atoms with Gasteiger partial charge in [-0.25, -0.2) is 4.99 Å². The summed E-state index contributed by atoms with van der Waals surface area (Å²) in [7, 11) is 0. The molecule has 1 aromatic heterocycles. The van der Waals surface area contributed by atoms with Crippen molar-refractivity contribution < 1.29 is 9.90 Å². The van der Waals surface area contributed by atoms with Crippen molar-refractivity contribution >= 4 is 63.4 Å². The van der Waals surface area contributed by atoms with Crippen LogP contribution in [0.2, 0.25) is 10.0 Å². The minimum absolute atomic E-state index is 0.463. The number of rotatable bonds is 2. The number of amidine groups is 1. The summed E-state index contributed by atoms with van der Waals surface area (Å²) in [4.78, 5) is 20.3. The van der Waals surface area contributed by atoms with Crippen LogP contribution in [-0.2, 0) is 4.79 Å². The van der Waals surface area contributed by atoms with E-state index in [1.54, 1.807) is 30.4 Å². The summed E-state index contributed by atoms with van der Waals surface area (Å²) in [5, 5.41) is 17.7. The lowest BCUT2D eigenvalue weighted by atomic mass is 10.2. The first-order valence-electron chi connectivity index (χ1n) is 8.57. The first kappa shape index (κ1) is 18.6. The van der Waals surface area contributed by atoms with Crippen molar-refractivity contribution in [3.05, 3.63) is 38.5 Å². The average Bonchev–Trinajstić information content (AvgIpc) is 3.05. The molecule has 0 amide bonds. The van der Waals surface area contributed by atoms with Gasteiger partial charge in [0.1, 0.15) is 11.9 Å². The Balaban J connectivity index is 1.66. The second-order valence-corrected chi connectivity index (χ2v) is 8.14. The number of hydrogen-bond donors (Lipinski definition) is 2. The van der Waals surface area contributed by atoms with Gasteiger partial charge >= 0.3 is 5.97 Å². The van der Waals surface area contributed by atoms with Crippen LogP contribution < -0.4 is 5.32 Å². The third-order valence-electron chi connectivity index (χ3n) is 4.96. The Morgan fingerprint density at radius 3 is 2.59 bits per heavy atom.